The molecule has 0 radical (unpaired) electrons. The van der Waals surface area contributed by atoms with Crippen molar-refractivity contribution < 1.29 is 4.74 Å². The summed E-state index contributed by atoms with van der Waals surface area (Å²) in [4.78, 5) is 1.30. The minimum atomic E-state index is 0.335. The van der Waals surface area contributed by atoms with E-state index in [0.29, 0.717) is 6.10 Å². The third-order valence-corrected chi connectivity index (χ3v) is 1.99. The second-order valence-electron chi connectivity index (χ2n) is 2.44. The lowest BCUT2D eigenvalue weighted by Gasteiger charge is -2.04. The summed E-state index contributed by atoms with van der Waals surface area (Å²) in [5.74, 6) is 0. The predicted molar refractivity (Wildman–Crippen MR) is 44.2 cm³/mol. The van der Waals surface area contributed by atoms with Gasteiger partial charge in [0, 0.05) is 4.88 Å². The summed E-state index contributed by atoms with van der Waals surface area (Å²) in [7, 11) is 0. The average molecular weight is 156 g/mol. The molecule has 0 unspecified atom stereocenters. The molecule has 0 aliphatic heterocycles. The summed E-state index contributed by atoms with van der Waals surface area (Å²) in [5, 5.41) is 2.07. The van der Waals surface area contributed by atoms with Gasteiger partial charge < -0.3 is 4.74 Å². The molecule has 0 bridgehead atoms. The molecule has 0 N–H and O–H groups in total. The molecule has 2 heteroatoms. The van der Waals surface area contributed by atoms with E-state index in [9.17, 15) is 0 Å². The molecule has 0 spiro atoms. The molecule has 0 fully saturated rings. The van der Waals surface area contributed by atoms with E-state index < -0.39 is 0 Å². The Morgan fingerprint density at radius 3 is 2.90 bits per heavy atom. The topological polar surface area (TPSA) is 9.23 Å². The van der Waals surface area contributed by atoms with Gasteiger partial charge in [0.25, 0.3) is 0 Å². The molecule has 1 heterocycles. The monoisotopic (exact) mass is 156 g/mol. The minimum Gasteiger partial charge on any atom is -0.373 e. The van der Waals surface area contributed by atoms with Gasteiger partial charge in [-0.05, 0) is 25.3 Å². The van der Waals surface area contributed by atoms with Crippen LogP contribution >= 0.6 is 11.3 Å². The van der Waals surface area contributed by atoms with Gasteiger partial charge in [0.15, 0.2) is 0 Å². The Morgan fingerprint density at radius 2 is 2.40 bits per heavy atom. The average Bonchev–Trinajstić information content (AvgIpc) is 2.34. The van der Waals surface area contributed by atoms with E-state index >= 15 is 0 Å². The highest BCUT2D eigenvalue weighted by Gasteiger charge is 1.95. The van der Waals surface area contributed by atoms with Crippen LogP contribution in [-0.2, 0) is 11.3 Å². The fourth-order valence-electron chi connectivity index (χ4n) is 0.644. The quantitative estimate of drug-likeness (QED) is 0.653. The maximum atomic E-state index is 5.40. The first-order valence-electron chi connectivity index (χ1n) is 3.43. The number of hydrogen-bond donors (Lipinski definition) is 0. The molecule has 10 heavy (non-hydrogen) atoms. The van der Waals surface area contributed by atoms with Crippen molar-refractivity contribution in [3.63, 3.8) is 0 Å². The van der Waals surface area contributed by atoms with Gasteiger partial charge in [0.05, 0.1) is 12.7 Å². The highest BCUT2D eigenvalue weighted by molar-refractivity contribution is 7.09. The maximum Gasteiger partial charge on any atom is 0.0812 e. The van der Waals surface area contributed by atoms with Crippen molar-refractivity contribution in [3.8, 4) is 0 Å². The van der Waals surface area contributed by atoms with Gasteiger partial charge in [-0.25, -0.2) is 0 Å². The minimum absolute atomic E-state index is 0.335. The van der Waals surface area contributed by atoms with Crippen LogP contribution in [0.2, 0.25) is 0 Å². The summed E-state index contributed by atoms with van der Waals surface area (Å²) in [6.07, 6.45) is 0.335. The van der Waals surface area contributed by atoms with E-state index in [0.717, 1.165) is 6.61 Å². The van der Waals surface area contributed by atoms with Crippen LogP contribution in [0.5, 0.6) is 0 Å². The first-order valence-corrected chi connectivity index (χ1v) is 4.31. The molecule has 0 aliphatic rings. The summed E-state index contributed by atoms with van der Waals surface area (Å²) in [5.41, 5.74) is 0. The van der Waals surface area contributed by atoms with E-state index in [1.165, 1.54) is 4.88 Å². The van der Waals surface area contributed by atoms with Crippen molar-refractivity contribution in [1.82, 2.24) is 0 Å². The second-order valence-corrected chi connectivity index (χ2v) is 3.47. The maximum absolute atomic E-state index is 5.40. The lowest BCUT2D eigenvalue weighted by Crippen LogP contribution is -2.00. The summed E-state index contributed by atoms with van der Waals surface area (Å²) >= 11 is 1.74. The Morgan fingerprint density at radius 1 is 1.60 bits per heavy atom. The molecular formula is C8H12OS. The van der Waals surface area contributed by atoms with Gasteiger partial charge in [-0.2, -0.15) is 0 Å². The van der Waals surface area contributed by atoms with Crippen LogP contribution in [0.25, 0.3) is 0 Å². The Hall–Kier alpha value is -0.340. The van der Waals surface area contributed by atoms with E-state index in [-0.39, 0.29) is 0 Å². The van der Waals surface area contributed by atoms with Gasteiger partial charge in [-0.1, -0.05) is 6.07 Å². The molecule has 1 aromatic rings. The zero-order valence-electron chi connectivity index (χ0n) is 6.33. The Labute approximate surface area is 65.6 Å². The summed E-state index contributed by atoms with van der Waals surface area (Å²) in [6.45, 7) is 4.86. The second kappa shape index (κ2) is 3.74. The zero-order valence-corrected chi connectivity index (χ0v) is 7.15. The van der Waals surface area contributed by atoms with Crippen LogP contribution in [0.4, 0.5) is 0 Å². The van der Waals surface area contributed by atoms with Crippen LogP contribution in [0.15, 0.2) is 17.5 Å². The molecule has 56 valence electrons. The fraction of sp³-hybridized carbons (Fsp3) is 0.500. The van der Waals surface area contributed by atoms with E-state index in [1.807, 2.05) is 19.9 Å². The number of rotatable bonds is 3. The van der Waals surface area contributed by atoms with Crippen molar-refractivity contribution in [2.45, 2.75) is 26.6 Å². The first kappa shape index (κ1) is 7.76. The smallest absolute Gasteiger partial charge is 0.0812 e. The predicted octanol–water partition coefficient (Wildman–Crippen LogP) is 2.67. The van der Waals surface area contributed by atoms with Crippen LogP contribution in [0.1, 0.15) is 18.7 Å². The van der Waals surface area contributed by atoms with Gasteiger partial charge in [-0.3, -0.25) is 0 Å². The van der Waals surface area contributed by atoms with E-state index in [2.05, 4.69) is 11.4 Å². The zero-order chi connectivity index (χ0) is 7.40. The fourth-order valence-corrected chi connectivity index (χ4v) is 1.27. The molecule has 1 aromatic heterocycles. The molecule has 0 aliphatic carbocycles. The molecular weight excluding hydrogens is 144 g/mol. The molecule has 0 saturated carbocycles. The Bertz CT molecular complexity index is 167. The molecule has 0 amide bonds. The molecule has 0 atom stereocenters. The summed E-state index contributed by atoms with van der Waals surface area (Å²) < 4.78 is 5.40. The van der Waals surface area contributed by atoms with E-state index in [1.54, 1.807) is 11.3 Å². The van der Waals surface area contributed by atoms with Crippen LogP contribution in [0, 0.1) is 0 Å². The third kappa shape index (κ3) is 2.50. The third-order valence-electron chi connectivity index (χ3n) is 1.14. The van der Waals surface area contributed by atoms with Crippen LogP contribution < -0.4 is 0 Å². The Kier molecular flexibility index (Phi) is 2.90. The standard InChI is InChI=1S/C8H12OS/c1-7(2)9-6-8-4-3-5-10-8/h3-5,7H,6H2,1-2H3. The highest BCUT2D eigenvalue weighted by atomic mass is 32.1. The first-order chi connectivity index (χ1) is 4.79. The van der Waals surface area contributed by atoms with Crippen LogP contribution in [0.3, 0.4) is 0 Å². The molecule has 0 saturated heterocycles. The lowest BCUT2D eigenvalue weighted by molar-refractivity contribution is 0.0674. The van der Waals surface area contributed by atoms with Crippen molar-refractivity contribution in [2.75, 3.05) is 0 Å². The molecule has 0 aromatic carbocycles. The Balaban J connectivity index is 2.28. The van der Waals surface area contributed by atoms with Gasteiger partial charge in [0.2, 0.25) is 0 Å². The van der Waals surface area contributed by atoms with Gasteiger partial charge in [-0.15, -0.1) is 11.3 Å². The van der Waals surface area contributed by atoms with Crippen molar-refractivity contribution in [1.29, 1.82) is 0 Å². The van der Waals surface area contributed by atoms with Crippen molar-refractivity contribution >= 4 is 11.3 Å². The van der Waals surface area contributed by atoms with Crippen molar-refractivity contribution in [3.05, 3.63) is 22.4 Å². The number of ether oxygens (including phenoxy) is 1. The highest BCUT2D eigenvalue weighted by Crippen LogP contribution is 2.10. The largest absolute Gasteiger partial charge is 0.373 e. The number of hydrogen-bond acceptors (Lipinski definition) is 2. The molecule has 1 nitrogen and oxygen atoms in total. The van der Waals surface area contributed by atoms with Crippen molar-refractivity contribution in [2.24, 2.45) is 0 Å². The van der Waals surface area contributed by atoms with Crippen LogP contribution in [-0.4, -0.2) is 6.10 Å². The molecule has 1 rings (SSSR count). The van der Waals surface area contributed by atoms with Gasteiger partial charge >= 0.3 is 0 Å². The lowest BCUT2D eigenvalue weighted by atomic mass is 10.4. The number of thiophene rings is 1. The normalized spacial score (nSPS) is 10.7. The van der Waals surface area contributed by atoms with Gasteiger partial charge in [0.1, 0.15) is 0 Å². The van der Waals surface area contributed by atoms with E-state index in [4.69, 9.17) is 4.74 Å². The summed E-state index contributed by atoms with van der Waals surface area (Å²) in [6, 6.07) is 4.14. The SMILES string of the molecule is CC(C)OCc1cccs1.